The quantitative estimate of drug-likeness (QED) is 0.818. The Morgan fingerprint density at radius 2 is 2.12 bits per heavy atom. The molecule has 0 aliphatic rings. The molecule has 4 nitrogen and oxygen atoms in total. The van der Waals surface area contributed by atoms with E-state index in [4.69, 9.17) is 0 Å². The number of aromatic amines is 1. The maximum absolute atomic E-state index is 4.33. The minimum absolute atomic E-state index is 0.782. The predicted octanol–water partition coefficient (Wildman–Crippen LogP) is 1.71. The van der Waals surface area contributed by atoms with Gasteiger partial charge >= 0.3 is 0 Å². The molecule has 2 rings (SSSR count). The van der Waals surface area contributed by atoms with Crippen LogP contribution < -0.4 is 5.32 Å². The molecule has 0 unspecified atom stereocenters. The van der Waals surface area contributed by atoms with Crippen molar-refractivity contribution >= 4 is 0 Å². The molecule has 2 aromatic heterocycles. The minimum atomic E-state index is 0.782. The number of imidazole rings is 1. The summed E-state index contributed by atoms with van der Waals surface area (Å²) in [6.07, 6.45) is 3.68. The first-order valence-corrected chi connectivity index (χ1v) is 5.37. The Morgan fingerprint density at radius 1 is 1.25 bits per heavy atom. The van der Waals surface area contributed by atoms with E-state index in [1.807, 2.05) is 25.4 Å². The van der Waals surface area contributed by atoms with Gasteiger partial charge in [0.15, 0.2) is 0 Å². The summed E-state index contributed by atoms with van der Waals surface area (Å²) in [4.78, 5) is 11.7. The lowest BCUT2D eigenvalue weighted by Gasteiger charge is -2.05. The second-order valence-corrected chi connectivity index (χ2v) is 3.86. The third-order valence-electron chi connectivity index (χ3n) is 2.48. The van der Waals surface area contributed by atoms with Gasteiger partial charge in [0.1, 0.15) is 5.82 Å². The maximum Gasteiger partial charge on any atom is 0.103 e. The molecule has 2 N–H and O–H groups in total. The van der Waals surface area contributed by atoms with Gasteiger partial charge in [-0.25, -0.2) is 4.98 Å². The zero-order valence-electron chi connectivity index (χ0n) is 9.62. The molecular formula is C12H16N4. The number of rotatable bonds is 4. The normalized spacial score (nSPS) is 10.6. The molecule has 0 amide bonds. The van der Waals surface area contributed by atoms with Gasteiger partial charge in [0.2, 0.25) is 0 Å². The van der Waals surface area contributed by atoms with E-state index in [1.165, 1.54) is 5.56 Å². The average molecular weight is 216 g/mol. The highest BCUT2D eigenvalue weighted by atomic mass is 15.0. The van der Waals surface area contributed by atoms with E-state index in [1.54, 1.807) is 0 Å². The molecule has 0 atom stereocenters. The van der Waals surface area contributed by atoms with Gasteiger partial charge in [0, 0.05) is 31.2 Å². The fraction of sp³-hybridized carbons (Fsp3) is 0.333. The maximum atomic E-state index is 4.33. The van der Waals surface area contributed by atoms with Crippen LogP contribution in [0.15, 0.2) is 24.5 Å². The van der Waals surface area contributed by atoms with Crippen molar-refractivity contribution in [3.8, 4) is 0 Å². The molecule has 2 aromatic rings. The van der Waals surface area contributed by atoms with Crippen molar-refractivity contribution in [2.24, 2.45) is 0 Å². The summed E-state index contributed by atoms with van der Waals surface area (Å²) in [7, 11) is 0. The predicted molar refractivity (Wildman–Crippen MR) is 62.8 cm³/mol. The van der Waals surface area contributed by atoms with Gasteiger partial charge in [-0.15, -0.1) is 0 Å². The van der Waals surface area contributed by atoms with Crippen LogP contribution in [0.25, 0.3) is 0 Å². The molecule has 2 heterocycles. The van der Waals surface area contributed by atoms with E-state index in [0.29, 0.717) is 0 Å². The lowest BCUT2D eigenvalue weighted by molar-refractivity contribution is 0.666. The fourth-order valence-corrected chi connectivity index (χ4v) is 1.58. The highest BCUT2D eigenvalue weighted by molar-refractivity contribution is 5.17. The summed E-state index contributed by atoms with van der Waals surface area (Å²) in [5, 5.41) is 3.34. The third kappa shape index (κ3) is 2.67. The molecular weight excluding hydrogens is 200 g/mol. The van der Waals surface area contributed by atoms with E-state index >= 15 is 0 Å². The number of aromatic nitrogens is 3. The number of nitrogens with one attached hydrogen (secondary N) is 2. The van der Waals surface area contributed by atoms with E-state index in [0.717, 1.165) is 30.3 Å². The smallest absolute Gasteiger partial charge is 0.103 e. The van der Waals surface area contributed by atoms with Crippen molar-refractivity contribution in [3.63, 3.8) is 0 Å². The molecule has 0 aromatic carbocycles. The number of pyridine rings is 1. The molecule has 0 spiro atoms. The van der Waals surface area contributed by atoms with Crippen LogP contribution >= 0.6 is 0 Å². The molecule has 4 heteroatoms. The second-order valence-electron chi connectivity index (χ2n) is 3.86. The molecule has 16 heavy (non-hydrogen) atoms. The number of hydrogen-bond donors (Lipinski definition) is 2. The Balaban J connectivity index is 1.87. The Morgan fingerprint density at radius 3 is 2.81 bits per heavy atom. The molecule has 0 bridgehead atoms. The summed E-state index contributed by atoms with van der Waals surface area (Å²) in [5.74, 6) is 0.950. The SMILES string of the molecule is Cc1ncc(CNCc2ncccc2C)[nH]1. The number of H-pyrrole nitrogens is 1. The van der Waals surface area contributed by atoms with Gasteiger partial charge in [-0.3, -0.25) is 4.98 Å². The second kappa shape index (κ2) is 4.90. The van der Waals surface area contributed by atoms with Crippen LogP contribution in [-0.4, -0.2) is 15.0 Å². The molecule has 0 fully saturated rings. The molecule has 0 aliphatic heterocycles. The van der Waals surface area contributed by atoms with Crippen molar-refractivity contribution in [1.29, 1.82) is 0 Å². The van der Waals surface area contributed by atoms with Gasteiger partial charge in [-0.2, -0.15) is 0 Å². The Labute approximate surface area is 95.1 Å². The van der Waals surface area contributed by atoms with Gasteiger partial charge in [-0.1, -0.05) is 6.07 Å². The average Bonchev–Trinajstić information content (AvgIpc) is 2.67. The van der Waals surface area contributed by atoms with Crippen molar-refractivity contribution in [3.05, 3.63) is 47.3 Å². The highest BCUT2D eigenvalue weighted by Crippen LogP contribution is 2.03. The van der Waals surface area contributed by atoms with Gasteiger partial charge in [-0.05, 0) is 25.5 Å². The first kappa shape index (κ1) is 10.8. The Hall–Kier alpha value is -1.68. The van der Waals surface area contributed by atoms with Gasteiger partial charge < -0.3 is 10.3 Å². The third-order valence-corrected chi connectivity index (χ3v) is 2.48. The van der Waals surface area contributed by atoms with E-state index in [9.17, 15) is 0 Å². The van der Waals surface area contributed by atoms with Gasteiger partial charge in [0.05, 0.1) is 5.69 Å². The van der Waals surface area contributed by atoms with Crippen molar-refractivity contribution in [2.45, 2.75) is 26.9 Å². The lowest BCUT2D eigenvalue weighted by atomic mass is 10.2. The standard InChI is InChI=1S/C12H16N4/c1-9-4-3-5-14-12(9)8-13-6-11-7-15-10(2)16-11/h3-5,7,13H,6,8H2,1-2H3,(H,15,16). The molecule has 0 aliphatic carbocycles. The van der Waals surface area contributed by atoms with E-state index in [2.05, 4.69) is 33.3 Å². The summed E-state index contributed by atoms with van der Waals surface area (Å²) in [5.41, 5.74) is 3.42. The van der Waals surface area contributed by atoms with Crippen molar-refractivity contribution < 1.29 is 0 Å². The molecule has 0 saturated heterocycles. The number of hydrogen-bond acceptors (Lipinski definition) is 3. The van der Waals surface area contributed by atoms with Crippen molar-refractivity contribution in [1.82, 2.24) is 20.3 Å². The molecule has 0 radical (unpaired) electrons. The summed E-state index contributed by atoms with van der Waals surface area (Å²) < 4.78 is 0. The van der Waals surface area contributed by atoms with Crippen LogP contribution in [-0.2, 0) is 13.1 Å². The number of nitrogens with zero attached hydrogens (tertiary/aromatic N) is 2. The van der Waals surface area contributed by atoms with Crippen LogP contribution in [0.4, 0.5) is 0 Å². The van der Waals surface area contributed by atoms with Crippen molar-refractivity contribution in [2.75, 3.05) is 0 Å². The molecule has 84 valence electrons. The summed E-state index contributed by atoms with van der Waals surface area (Å²) in [6.45, 7) is 5.60. The summed E-state index contributed by atoms with van der Waals surface area (Å²) >= 11 is 0. The summed E-state index contributed by atoms with van der Waals surface area (Å²) in [6, 6.07) is 4.03. The van der Waals surface area contributed by atoms with E-state index < -0.39 is 0 Å². The van der Waals surface area contributed by atoms with Crippen LogP contribution in [0, 0.1) is 13.8 Å². The molecule has 0 saturated carbocycles. The lowest BCUT2D eigenvalue weighted by Crippen LogP contribution is -2.14. The fourth-order valence-electron chi connectivity index (χ4n) is 1.58. The zero-order valence-corrected chi connectivity index (χ0v) is 9.62. The first-order valence-electron chi connectivity index (χ1n) is 5.37. The Kier molecular flexibility index (Phi) is 3.31. The van der Waals surface area contributed by atoms with E-state index in [-0.39, 0.29) is 0 Å². The topological polar surface area (TPSA) is 53.6 Å². The monoisotopic (exact) mass is 216 g/mol. The van der Waals surface area contributed by atoms with Crippen LogP contribution in [0.1, 0.15) is 22.8 Å². The zero-order chi connectivity index (χ0) is 11.4. The Bertz CT molecular complexity index is 462. The van der Waals surface area contributed by atoms with Crippen LogP contribution in [0.5, 0.6) is 0 Å². The highest BCUT2D eigenvalue weighted by Gasteiger charge is 1.99. The largest absolute Gasteiger partial charge is 0.345 e. The van der Waals surface area contributed by atoms with Crippen LogP contribution in [0.2, 0.25) is 0 Å². The number of aryl methyl sites for hydroxylation is 2. The first-order chi connectivity index (χ1) is 7.75. The minimum Gasteiger partial charge on any atom is -0.345 e. The van der Waals surface area contributed by atoms with Gasteiger partial charge in [0.25, 0.3) is 0 Å². The van der Waals surface area contributed by atoms with Crippen LogP contribution in [0.3, 0.4) is 0 Å².